The lowest BCUT2D eigenvalue weighted by molar-refractivity contribution is 0.555. The molecule has 1 saturated carbocycles. The largest absolute Gasteiger partial charge is 0.283 e. The molecule has 4 nitrogen and oxygen atoms in total. The van der Waals surface area contributed by atoms with Crippen LogP contribution in [0.5, 0.6) is 0 Å². The minimum atomic E-state index is -0.327. The number of rotatable bonds is 2. The van der Waals surface area contributed by atoms with Crippen molar-refractivity contribution < 1.29 is 4.79 Å². The van der Waals surface area contributed by atoms with E-state index in [9.17, 15) is 4.79 Å². The molecule has 1 aromatic heterocycles. The van der Waals surface area contributed by atoms with Crippen molar-refractivity contribution in [3.8, 4) is 0 Å². The molecule has 1 aliphatic carbocycles. The summed E-state index contributed by atoms with van der Waals surface area (Å²) in [5.74, 6) is 0. The van der Waals surface area contributed by atoms with E-state index < -0.39 is 0 Å². The number of isocyanates is 1. The standard InChI is InChI=1S/C8H9N3O/c1-6-4-7(11-10-6)8(2-3-8)9-5-12/h4H,2-3H2,1H3,(H,10,11). The number of aliphatic imine (C=N–C) groups is 1. The van der Waals surface area contributed by atoms with Gasteiger partial charge in [0.25, 0.3) is 0 Å². The lowest BCUT2D eigenvalue weighted by atomic mass is 10.2. The monoisotopic (exact) mass is 163 g/mol. The zero-order valence-corrected chi connectivity index (χ0v) is 6.79. The van der Waals surface area contributed by atoms with Crippen LogP contribution in [0.25, 0.3) is 0 Å². The van der Waals surface area contributed by atoms with Crippen LogP contribution in [0, 0.1) is 6.92 Å². The van der Waals surface area contributed by atoms with Crippen molar-refractivity contribution in [2.45, 2.75) is 25.3 Å². The van der Waals surface area contributed by atoms with Gasteiger partial charge in [-0.3, -0.25) is 5.10 Å². The average molecular weight is 163 g/mol. The Morgan fingerprint density at radius 2 is 2.50 bits per heavy atom. The minimum Gasteiger partial charge on any atom is -0.283 e. The van der Waals surface area contributed by atoms with Gasteiger partial charge in [0.05, 0.1) is 5.69 Å². The maximum Gasteiger partial charge on any atom is 0.235 e. The molecule has 2 rings (SSSR count). The van der Waals surface area contributed by atoms with Crippen LogP contribution in [-0.4, -0.2) is 16.3 Å². The SMILES string of the molecule is Cc1cc(C2(N=C=O)CC2)n[nH]1. The second-order valence-electron chi connectivity index (χ2n) is 3.17. The number of nitrogens with zero attached hydrogens (tertiary/aromatic N) is 2. The molecule has 0 aromatic carbocycles. The summed E-state index contributed by atoms with van der Waals surface area (Å²) in [6.07, 6.45) is 3.42. The lowest BCUT2D eigenvalue weighted by Gasteiger charge is -1.99. The van der Waals surface area contributed by atoms with Gasteiger partial charge in [0.2, 0.25) is 6.08 Å². The van der Waals surface area contributed by atoms with Gasteiger partial charge in [0.15, 0.2) is 0 Å². The molecule has 1 aliphatic rings. The number of hydrogen-bond donors (Lipinski definition) is 1. The second-order valence-corrected chi connectivity index (χ2v) is 3.17. The first-order valence-electron chi connectivity index (χ1n) is 3.88. The predicted octanol–water partition coefficient (Wildman–Crippen LogP) is 1.04. The van der Waals surface area contributed by atoms with Gasteiger partial charge in [-0.1, -0.05) is 0 Å². The summed E-state index contributed by atoms with van der Waals surface area (Å²) in [4.78, 5) is 13.9. The molecule has 4 heteroatoms. The predicted molar refractivity (Wildman–Crippen MR) is 42.4 cm³/mol. The van der Waals surface area contributed by atoms with E-state index in [1.54, 1.807) is 6.08 Å². The summed E-state index contributed by atoms with van der Waals surface area (Å²) in [5.41, 5.74) is 1.53. The number of carbonyl (C=O) groups excluding carboxylic acids is 1. The first-order chi connectivity index (χ1) is 5.77. The van der Waals surface area contributed by atoms with Gasteiger partial charge in [-0.15, -0.1) is 0 Å². The molecule has 1 heterocycles. The zero-order chi connectivity index (χ0) is 8.60. The number of hydrogen-bond acceptors (Lipinski definition) is 3. The third-order valence-corrected chi connectivity index (χ3v) is 2.17. The Balaban J connectivity index is 2.36. The highest BCUT2D eigenvalue weighted by Crippen LogP contribution is 2.48. The lowest BCUT2D eigenvalue weighted by Crippen LogP contribution is -2.02. The van der Waals surface area contributed by atoms with Gasteiger partial charge in [-0.05, 0) is 25.8 Å². The molecule has 0 aliphatic heterocycles. The van der Waals surface area contributed by atoms with Gasteiger partial charge in [-0.25, -0.2) is 4.79 Å². The van der Waals surface area contributed by atoms with Crippen molar-refractivity contribution in [1.29, 1.82) is 0 Å². The van der Waals surface area contributed by atoms with Gasteiger partial charge in [0, 0.05) is 5.69 Å². The minimum absolute atomic E-state index is 0.327. The van der Waals surface area contributed by atoms with Crippen molar-refractivity contribution in [2.75, 3.05) is 0 Å². The molecular formula is C8H9N3O. The van der Waals surface area contributed by atoms with Crippen LogP contribution in [0.1, 0.15) is 24.2 Å². The molecule has 0 unspecified atom stereocenters. The second kappa shape index (κ2) is 2.29. The van der Waals surface area contributed by atoms with Crippen LogP contribution < -0.4 is 0 Å². The van der Waals surface area contributed by atoms with Crippen molar-refractivity contribution in [1.82, 2.24) is 10.2 Å². The quantitative estimate of drug-likeness (QED) is 0.523. The van der Waals surface area contributed by atoms with E-state index in [0.717, 1.165) is 24.2 Å². The molecule has 0 radical (unpaired) electrons. The van der Waals surface area contributed by atoms with Crippen LogP contribution in [-0.2, 0) is 10.3 Å². The molecule has 62 valence electrons. The van der Waals surface area contributed by atoms with E-state index >= 15 is 0 Å². The van der Waals surface area contributed by atoms with Crippen LogP contribution >= 0.6 is 0 Å². The Labute approximate surface area is 69.7 Å². The van der Waals surface area contributed by atoms with Gasteiger partial charge >= 0.3 is 0 Å². The van der Waals surface area contributed by atoms with E-state index in [0.29, 0.717) is 0 Å². The summed E-state index contributed by atoms with van der Waals surface area (Å²) < 4.78 is 0. The molecule has 0 bridgehead atoms. The summed E-state index contributed by atoms with van der Waals surface area (Å²) in [7, 11) is 0. The zero-order valence-electron chi connectivity index (χ0n) is 6.79. The van der Waals surface area contributed by atoms with Crippen LogP contribution in [0.3, 0.4) is 0 Å². The number of aromatic amines is 1. The van der Waals surface area contributed by atoms with Crippen LogP contribution in [0.2, 0.25) is 0 Å². The summed E-state index contributed by atoms with van der Waals surface area (Å²) in [5, 5.41) is 6.90. The third-order valence-electron chi connectivity index (χ3n) is 2.17. The molecule has 1 N–H and O–H groups in total. The van der Waals surface area contributed by atoms with Gasteiger partial charge in [0.1, 0.15) is 5.54 Å². The first kappa shape index (κ1) is 7.25. The number of aromatic nitrogens is 2. The third kappa shape index (κ3) is 0.970. The summed E-state index contributed by atoms with van der Waals surface area (Å²) in [6.45, 7) is 1.93. The number of aryl methyl sites for hydroxylation is 1. The maximum absolute atomic E-state index is 10.1. The molecule has 0 spiro atoms. The Morgan fingerprint density at radius 3 is 2.92 bits per heavy atom. The fourth-order valence-corrected chi connectivity index (χ4v) is 1.29. The van der Waals surface area contributed by atoms with E-state index in [1.807, 2.05) is 13.0 Å². The summed E-state index contributed by atoms with van der Waals surface area (Å²) in [6, 6.07) is 1.92. The van der Waals surface area contributed by atoms with Crippen LogP contribution in [0.4, 0.5) is 0 Å². The highest BCUT2D eigenvalue weighted by molar-refractivity contribution is 5.39. The molecular weight excluding hydrogens is 154 g/mol. The van der Waals surface area contributed by atoms with Crippen molar-refractivity contribution in [3.63, 3.8) is 0 Å². The summed E-state index contributed by atoms with van der Waals surface area (Å²) >= 11 is 0. The van der Waals surface area contributed by atoms with Crippen molar-refractivity contribution in [3.05, 3.63) is 17.5 Å². The topological polar surface area (TPSA) is 58.1 Å². The van der Waals surface area contributed by atoms with E-state index in [2.05, 4.69) is 15.2 Å². The molecule has 0 atom stereocenters. The first-order valence-corrected chi connectivity index (χ1v) is 3.88. The van der Waals surface area contributed by atoms with Crippen molar-refractivity contribution >= 4 is 6.08 Å². The highest BCUT2D eigenvalue weighted by atomic mass is 16.1. The van der Waals surface area contributed by atoms with E-state index in [-0.39, 0.29) is 5.54 Å². The molecule has 1 fully saturated rings. The van der Waals surface area contributed by atoms with E-state index in [1.165, 1.54) is 0 Å². The van der Waals surface area contributed by atoms with Crippen LogP contribution in [0.15, 0.2) is 11.1 Å². The fourth-order valence-electron chi connectivity index (χ4n) is 1.29. The van der Waals surface area contributed by atoms with Crippen molar-refractivity contribution in [2.24, 2.45) is 4.99 Å². The Bertz CT molecular complexity index is 345. The molecule has 0 amide bonds. The van der Waals surface area contributed by atoms with Gasteiger partial charge in [-0.2, -0.15) is 10.1 Å². The molecule has 12 heavy (non-hydrogen) atoms. The Morgan fingerprint density at radius 1 is 1.75 bits per heavy atom. The van der Waals surface area contributed by atoms with E-state index in [4.69, 9.17) is 0 Å². The Kier molecular flexibility index (Phi) is 1.38. The smallest absolute Gasteiger partial charge is 0.235 e. The Hall–Kier alpha value is -1.41. The average Bonchev–Trinajstić information content (AvgIpc) is 2.69. The normalized spacial score (nSPS) is 18.4. The molecule has 0 saturated heterocycles. The van der Waals surface area contributed by atoms with Gasteiger partial charge < -0.3 is 0 Å². The molecule has 1 aromatic rings. The number of nitrogens with one attached hydrogen (secondary N) is 1. The maximum atomic E-state index is 10.1. The number of H-pyrrole nitrogens is 1. The fraction of sp³-hybridized carbons (Fsp3) is 0.500. The highest BCUT2D eigenvalue weighted by Gasteiger charge is 2.46.